The van der Waals surface area contributed by atoms with Crippen LogP contribution in [0.25, 0.3) is 44.4 Å². The first kappa shape index (κ1) is 31.1. The molecule has 0 N–H and O–H groups in total. The molecule has 0 aliphatic heterocycles. The van der Waals surface area contributed by atoms with Crippen molar-refractivity contribution in [3.8, 4) is 22.6 Å². The van der Waals surface area contributed by atoms with Crippen molar-refractivity contribution >= 4 is 39.6 Å². The lowest BCUT2D eigenvalue weighted by Crippen LogP contribution is -2.46. The minimum atomic E-state index is 0.153. The van der Waals surface area contributed by atoms with E-state index in [0.717, 1.165) is 0 Å². The molecule has 0 saturated carbocycles. The van der Waals surface area contributed by atoms with Crippen molar-refractivity contribution in [2.45, 2.75) is 34.5 Å². The van der Waals surface area contributed by atoms with Gasteiger partial charge in [0.05, 0.1) is 16.7 Å². The van der Waals surface area contributed by atoms with Gasteiger partial charge in [-0.3, -0.25) is 0 Å². The Morgan fingerprint density at radius 2 is 0.896 bits per heavy atom. The van der Waals surface area contributed by atoms with Crippen LogP contribution in [0, 0.1) is 27.7 Å². The van der Waals surface area contributed by atoms with Gasteiger partial charge in [-0.15, -0.1) is 0 Å². The molecule has 48 heavy (non-hydrogen) atoms. The fourth-order valence-corrected chi connectivity index (χ4v) is 7.50. The average molecular weight is 621 g/mol. The monoisotopic (exact) mass is 620 g/mol. The van der Waals surface area contributed by atoms with Crippen LogP contribution in [0.3, 0.4) is 0 Å². The molecule has 8 aromatic rings. The lowest BCUT2D eigenvalue weighted by Gasteiger charge is -2.21. The molecule has 2 nitrogen and oxygen atoms in total. The number of aromatic nitrogens is 2. The first-order chi connectivity index (χ1) is 23.5. The van der Waals surface area contributed by atoms with Gasteiger partial charge in [0.2, 0.25) is 6.71 Å². The lowest BCUT2D eigenvalue weighted by atomic mass is 9.42. The third-order valence-corrected chi connectivity index (χ3v) is 9.63. The van der Waals surface area contributed by atoms with Gasteiger partial charge < -0.3 is 9.13 Å². The molecule has 0 fully saturated rings. The summed E-state index contributed by atoms with van der Waals surface area (Å²) in [4.78, 5) is 0. The van der Waals surface area contributed by atoms with Crippen LogP contribution in [0.15, 0.2) is 158 Å². The fraction of sp³-hybridized carbons (Fsp3) is 0.111. The topological polar surface area (TPSA) is 9.86 Å². The largest absolute Gasteiger partial charge is 0.321 e. The molecule has 3 heteroatoms. The first-order valence-electron chi connectivity index (χ1n) is 16.9. The normalized spacial score (nSPS) is 11.0. The van der Waals surface area contributed by atoms with E-state index in [9.17, 15) is 0 Å². The molecule has 0 spiro atoms. The Bertz CT molecular complexity index is 2310. The van der Waals surface area contributed by atoms with E-state index in [-0.39, 0.29) is 6.71 Å². The zero-order valence-electron chi connectivity index (χ0n) is 28.5. The van der Waals surface area contributed by atoms with E-state index in [4.69, 9.17) is 0 Å². The van der Waals surface area contributed by atoms with E-state index in [1.807, 2.05) is 18.2 Å². The van der Waals surface area contributed by atoms with Gasteiger partial charge in [-0.05, 0) is 69.7 Å². The SMILES string of the molecule is CB(c1c(C)cccc1C)c1c(-c2c(C)c3ccccc3n2-c2ccccc2)c2ccccc2n1-c1ccccc1.Cc1ccccc1. The summed E-state index contributed by atoms with van der Waals surface area (Å²) in [6.07, 6.45) is 0. The highest BCUT2D eigenvalue weighted by Gasteiger charge is 2.31. The van der Waals surface area contributed by atoms with Crippen molar-refractivity contribution in [2.24, 2.45) is 0 Å². The van der Waals surface area contributed by atoms with Crippen LogP contribution in [0.2, 0.25) is 6.82 Å². The highest BCUT2D eigenvalue weighted by molar-refractivity contribution is 6.85. The standard InChI is InChI=1S/C38H33BN2.C7H8/c1-26-16-15-17-27(2)36(26)39(4)38-35(32-23-12-14-25-34(32)41(38)30-20-9-6-10-21-30)37-28(3)31-22-11-13-24-33(31)40(37)29-18-7-5-8-19-29;1-7-5-3-2-4-6-7/h5-25H,1-4H3;2-6H,1H3. The van der Waals surface area contributed by atoms with E-state index in [1.165, 1.54) is 77.7 Å². The van der Waals surface area contributed by atoms with Crippen molar-refractivity contribution < 1.29 is 0 Å². The summed E-state index contributed by atoms with van der Waals surface area (Å²) in [6, 6.07) is 56.3. The van der Waals surface area contributed by atoms with Crippen LogP contribution in [0.1, 0.15) is 22.3 Å². The van der Waals surface area contributed by atoms with Crippen LogP contribution in [-0.2, 0) is 0 Å². The Morgan fingerprint density at radius 3 is 1.44 bits per heavy atom. The second-order valence-electron chi connectivity index (χ2n) is 12.8. The van der Waals surface area contributed by atoms with Gasteiger partial charge in [0.1, 0.15) is 0 Å². The Balaban J connectivity index is 0.000000465. The van der Waals surface area contributed by atoms with Crippen LogP contribution in [0.4, 0.5) is 0 Å². The fourth-order valence-electron chi connectivity index (χ4n) is 7.50. The van der Waals surface area contributed by atoms with E-state index in [1.54, 1.807) is 0 Å². The molecule has 234 valence electrons. The Labute approximate surface area is 285 Å². The lowest BCUT2D eigenvalue weighted by molar-refractivity contribution is 1.12. The maximum absolute atomic E-state index is 2.51. The van der Waals surface area contributed by atoms with Gasteiger partial charge in [0.25, 0.3) is 0 Å². The molecule has 0 bridgehead atoms. The zero-order valence-corrected chi connectivity index (χ0v) is 28.5. The van der Waals surface area contributed by atoms with E-state index in [0.29, 0.717) is 0 Å². The molecule has 0 atom stereocenters. The quantitative estimate of drug-likeness (QED) is 0.170. The summed E-state index contributed by atoms with van der Waals surface area (Å²) < 4.78 is 4.98. The van der Waals surface area contributed by atoms with Crippen LogP contribution < -0.4 is 11.1 Å². The Hall–Kier alpha value is -5.54. The zero-order chi connectivity index (χ0) is 33.2. The van der Waals surface area contributed by atoms with Crippen LogP contribution in [0.5, 0.6) is 0 Å². The van der Waals surface area contributed by atoms with E-state index < -0.39 is 0 Å². The molecule has 0 radical (unpaired) electrons. The number of para-hydroxylation sites is 4. The molecule has 0 unspecified atom stereocenters. The van der Waals surface area contributed by atoms with Crippen molar-refractivity contribution in [2.75, 3.05) is 0 Å². The molecule has 0 aliphatic rings. The predicted molar refractivity (Wildman–Crippen MR) is 208 cm³/mol. The van der Waals surface area contributed by atoms with Gasteiger partial charge in [-0.2, -0.15) is 0 Å². The highest BCUT2D eigenvalue weighted by atomic mass is 15.0. The third kappa shape index (κ3) is 5.56. The molecule has 2 heterocycles. The van der Waals surface area contributed by atoms with Gasteiger partial charge in [0, 0.05) is 33.3 Å². The van der Waals surface area contributed by atoms with Gasteiger partial charge in [-0.1, -0.05) is 150 Å². The van der Waals surface area contributed by atoms with Gasteiger partial charge in [-0.25, -0.2) is 0 Å². The number of rotatable bonds is 5. The smallest absolute Gasteiger partial charge is 0.229 e. The maximum Gasteiger partial charge on any atom is 0.229 e. The predicted octanol–water partition coefficient (Wildman–Crippen LogP) is 10.4. The van der Waals surface area contributed by atoms with Crippen molar-refractivity contribution in [1.82, 2.24) is 9.13 Å². The first-order valence-corrected chi connectivity index (χ1v) is 16.9. The highest BCUT2D eigenvalue weighted by Crippen LogP contribution is 2.40. The Morgan fingerprint density at radius 1 is 0.438 bits per heavy atom. The number of nitrogens with zero attached hydrogens (tertiary/aromatic N) is 2. The summed E-state index contributed by atoms with van der Waals surface area (Å²) in [5.41, 5.74) is 15.4. The van der Waals surface area contributed by atoms with Crippen LogP contribution in [-0.4, -0.2) is 15.8 Å². The minimum absolute atomic E-state index is 0.153. The summed E-state index contributed by atoms with van der Waals surface area (Å²) in [6.45, 7) is 11.4. The van der Waals surface area contributed by atoms with Gasteiger partial charge >= 0.3 is 0 Å². The molecule has 6 aromatic carbocycles. The summed E-state index contributed by atoms with van der Waals surface area (Å²) in [7, 11) is 0. The molecule has 0 aliphatic carbocycles. The number of hydrogen-bond acceptors (Lipinski definition) is 0. The van der Waals surface area contributed by atoms with Crippen molar-refractivity contribution in [3.63, 3.8) is 0 Å². The Kier molecular flexibility index (Phi) is 8.61. The molecule has 8 rings (SSSR count). The summed E-state index contributed by atoms with van der Waals surface area (Å²) in [5, 5.41) is 2.56. The number of hydrogen-bond donors (Lipinski definition) is 0. The molecule has 0 amide bonds. The van der Waals surface area contributed by atoms with Gasteiger partial charge in [0.15, 0.2) is 0 Å². The summed E-state index contributed by atoms with van der Waals surface area (Å²) >= 11 is 0. The molecule has 0 saturated heterocycles. The van der Waals surface area contributed by atoms with Crippen LogP contribution >= 0.6 is 0 Å². The molecular weight excluding hydrogens is 579 g/mol. The maximum atomic E-state index is 2.51. The van der Waals surface area contributed by atoms with Crippen molar-refractivity contribution in [3.05, 3.63) is 180 Å². The minimum Gasteiger partial charge on any atom is -0.321 e. The third-order valence-electron chi connectivity index (χ3n) is 9.63. The second kappa shape index (κ2) is 13.3. The number of aryl methyl sites for hydroxylation is 4. The van der Waals surface area contributed by atoms with E-state index in [2.05, 4.69) is 183 Å². The molecular formula is C45H41BN2. The second-order valence-corrected chi connectivity index (χ2v) is 12.8. The van der Waals surface area contributed by atoms with Crippen molar-refractivity contribution in [1.29, 1.82) is 0 Å². The molecule has 2 aromatic heterocycles. The summed E-state index contributed by atoms with van der Waals surface area (Å²) in [5.74, 6) is 0. The number of benzene rings is 6. The van der Waals surface area contributed by atoms with E-state index >= 15 is 0 Å². The number of fused-ring (bicyclic) bond motifs is 2. The average Bonchev–Trinajstić information content (AvgIpc) is 3.61.